The lowest BCUT2D eigenvalue weighted by Crippen LogP contribution is -2.24. The zero-order valence-corrected chi connectivity index (χ0v) is 16.9. The topological polar surface area (TPSA) is 66.5 Å². The number of benzene rings is 2. The summed E-state index contributed by atoms with van der Waals surface area (Å²) in [5.41, 5.74) is 7.12. The molecule has 0 spiro atoms. The van der Waals surface area contributed by atoms with Crippen molar-refractivity contribution in [3.8, 4) is 5.75 Å². The summed E-state index contributed by atoms with van der Waals surface area (Å²) >= 11 is 0. The SMILES string of the molecule is CCc1cccc2c(C=NNC(=O)COc3ccc(C(C)(C)C)cc3)c[nH]c12. The highest BCUT2D eigenvalue weighted by atomic mass is 16.5. The summed E-state index contributed by atoms with van der Waals surface area (Å²) < 4.78 is 5.53. The average molecular weight is 377 g/mol. The van der Waals surface area contributed by atoms with E-state index in [1.165, 1.54) is 11.1 Å². The Bertz CT molecular complexity index is 979. The highest BCUT2D eigenvalue weighted by Gasteiger charge is 2.13. The molecule has 146 valence electrons. The Kier molecular flexibility index (Phi) is 5.83. The average Bonchev–Trinajstić information content (AvgIpc) is 3.09. The van der Waals surface area contributed by atoms with Gasteiger partial charge in [-0.3, -0.25) is 4.79 Å². The van der Waals surface area contributed by atoms with Crippen molar-refractivity contribution in [1.82, 2.24) is 10.4 Å². The Labute approximate surface area is 165 Å². The number of hydrogen-bond acceptors (Lipinski definition) is 3. The summed E-state index contributed by atoms with van der Waals surface area (Å²) in [4.78, 5) is 15.3. The number of carbonyl (C=O) groups is 1. The molecular formula is C23H27N3O2. The number of carbonyl (C=O) groups excluding carboxylic acids is 1. The van der Waals surface area contributed by atoms with Crippen molar-refractivity contribution in [3.63, 3.8) is 0 Å². The number of para-hydroxylation sites is 1. The molecule has 5 nitrogen and oxygen atoms in total. The zero-order chi connectivity index (χ0) is 20.1. The number of rotatable bonds is 6. The van der Waals surface area contributed by atoms with Crippen LogP contribution in [0.5, 0.6) is 5.75 Å². The maximum Gasteiger partial charge on any atom is 0.277 e. The number of amides is 1. The fourth-order valence-electron chi connectivity index (χ4n) is 3.05. The van der Waals surface area contributed by atoms with Crippen molar-refractivity contribution in [3.05, 3.63) is 65.4 Å². The van der Waals surface area contributed by atoms with Gasteiger partial charge in [-0.25, -0.2) is 5.43 Å². The molecular weight excluding hydrogens is 350 g/mol. The second-order valence-electron chi connectivity index (χ2n) is 7.79. The molecule has 0 fully saturated rings. The Morgan fingerprint density at radius 1 is 1.18 bits per heavy atom. The minimum Gasteiger partial charge on any atom is -0.484 e. The van der Waals surface area contributed by atoms with Gasteiger partial charge in [-0.2, -0.15) is 5.10 Å². The van der Waals surface area contributed by atoms with Gasteiger partial charge in [-0.1, -0.05) is 58.0 Å². The van der Waals surface area contributed by atoms with Crippen LogP contribution in [0.1, 0.15) is 44.4 Å². The number of hydrogen-bond donors (Lipinski definition) is 2. The lowest BCUT2D eigenvalue weighted by Gasteiger charge is -2.19. The normalized spacial score (nSPS) is 11.9. The molecule has 2 aromatic carbocycles. The van der Waals surface area contributed by atoms with Crippen molar-refractivity contribution in [2.24, 2.45) is 5.10 Å². The number of aryl methyl sites for hydroxylation is 1. The lowest BCUT2D eigenvalue weighted by molar-refractivity contribution is -0.123. The second-order valence-corrected chi connectivity index (χ2v) is 7.79. The zero-order valence-electron chi connectivity index (χ0n) is 16.9. The molecule has 0 bridgehead atoms. The number of nitrogens with zero attached hydrogens (tertiary/aromatic N) is 1. The van der Waals surface area contributed by atoms with Crippen molar-refractivity contribution < 1.29 is 9.53 Å². The maximum atomic E-state index is 12.0. The van der Waals surface area contributed by atoms with Crippen LogP contribution in [0.4, 0.5) is 0 Å². The first-order valence-electron chi connectivity index (χ1n) is 9.52. The summed E-state index contributed by atoms with van der Waals surface area (Å²) in [6.07, 6.45) is 4.50. The van der Waals surface area contributed by atoms with Crippen molar-refractivity contribution in [2.45, 2.75) is 39.5 Å². The van der Waals surface area contributed by atoms with E-state index in [0.717, 1.165) is 22.9 Å². The first kappa shape index (κ1) is 19.7. The van der Waals surface area contributed by atoms with E-state index in [1.807, 2.05) is 42.6 Å². The quantitative estimate of drug-likeness (QED) is 0.489. The molecule has 1 aromatic heterocycles. The Morgan fingerprint density at radius 2 is 1.93 bits per heavy atom. The van der Waals surface area contributed by atoms with Crippen LogP contribution < -0.4 is 10.2 Å². The van der Waals surface area contributed by atoms with E-state index in [1.54, 1.807) is 6.21 Å². The highest BCUT2D eigenvalue weighted by molar-refractivity contribution is 6.00. The Morgan fingerprint density at radius 3 is 2.61 bits per heavy atom. The fourth-order valence-corrected chi connectivity index (χ4v) is 3.05. The number of fused-ring (bicyclic) bond motifs is 1. The van der Waals surface area contributed by atoms with Gasteiger partial charge in [0.05, 0.1) is 6.21 Å². The smallest absolute Gasteiger partial charge is 0.277 e. The molecule has 3 rings (SSSR count). The molecule has 1 amide bonds. The molecule has 0 aliphatic carbocycles. The van der Waals surface area contributed by atoms with Gasteiger partial charge in [0.1, 0.15) is 5.75 Å². The molecule has 0 saturated carbocycles. The Hall–Kier alpha value is -3.08. The summed E-state index contributed by atoms with van der Waals surface area (Å²) in [5, 5.41) is 5.14. The van der Waals surface area contributed by atoms with Crippen LogP contribution in [0.15, 0.2) is 53.8 Å². The first-order valence-corrected chi connectivity index (χ1v) is 9.52. The van der Waals surface area contributed by atoms with Gasteiger partial charge in [-0.15, -0.1) is 0 Å². The number of aromatic amines is 1. The minimum absolute atomic E-state index is 0.0833. The van der Waals surface area contributed by atoms with Crippen molar-refractivity contribution in [1.29, 1.82) is 0 Å². The first-order chi connectivity index (χ1) is 13.4. The number of nitrogens with one attached hydrogen (secondary N) is 2. The summed E-state index contributed by atoms with van der Waals surface area (Å²) in [6, 6.07) is 14.0. The van der Waals surface area contributed by atoms with E-state index < -0.39 is 0 Å². The molecule has 0 radical (unpaired) electrons. The molecule has 5 heteroatoms. The van der Waals surface area contributed by atoms with Crippen LogP contribution in [0.25, 0.3) is 10.9 Å². The standard InChI is InChI=1S/C23H27N3O2/c1-5-16-7-6-8-20-17(13-24-22(16)20)14-25-26-21(27)15-28-19-11-9-18(10-12-19)23(2,3)4/h6-14,24H,5,15H2,1-4H3,(H,26,27). The predicted octanol–water partition coefficient (Wildman–Crippen LogP) is 4.56. The molecule has 0 aliphatic heterocycles. The lowest BCUT2D eigenvalue weighted by atomic mass is 9.87. The van der Waals surface area contributed by atoms with Crippen molar-refractivity contribution in [2.75, 3.05) is 6.61 Å². The molecule has 1 heterocycles. The maximum absolute atomic E-state index is 12.0. The van der Waals surface area contributed by atoms with E-state index >= 15 is 0 Å². The van der Waals surface area contributed by atoms with Crippen molar-refractivity contribution >= 4 is 23.0 Å². The van der Waals surface area contributed by atoms with Crippen LogP contribution in [-0.4, -0.2) is 23.7 Å². The summed E-state index contributed by atoms with van der Waals surface area (Å²) in [6.45, 7) is 8.52. The van der Waals surface area contributed by atoms with Crippen LogP contribution >= 0.6 is 0 Å². The predicted molar refractivity (Wildman–Crippen MR) is 114 cm³/mol. The van der Waals surface area contributed by atoms with E-state index in [4.69, 9.17) is 4.74 Å². The minimum atomic E-state index is -0.301. The van der Waals surface area contributed by atoms with E-state index in [-0.39, 0.29) is 17.9 Å². The fraction of sp³-hybridized carbons (Fsp3) is 0.304. The summed E-state index contributed by atoms with van der Waals surface area (Å²) in [5.74, 6) is 0.362. The van der Waals surface area contributed by atoms with Gasteiger partial charge in [0, 0.05) is 22.7 Å². The number of H-pyrrole nitrogens is 1. The van der Waals surface area contributed by atoms with Crippen LogP contribution in [0.2, 0.25) is 0 Å². The number of ether oxygens (including phenoxy) is 1. The molecule has 0 aliphatic rings. The summed E-state index contributed by atoms with van der Waals surface area (Å²) in [7, 11) is 0. The molecule has 0 saturated heterocycles. The third kappa shape index (κ3) is 4.60. The van der Waals surface area contributed by atoms with Gasteiger partial charge in [0.25, 0.3) is 5.91 Å². The molecule has 28 heavy (non-hydrogen) atoms. The van der Waals surface area contributed by atoms with Gasteiger partial charge in [0.2, 0.25) is 0 Å². The monoisotopic (exact) mass is 377 g/mol. The second kappa shape index (κ2) is 8.30. The van der Waals surface area contributed by atoms with Gasteiger partial charge < -0.3 is 9.72 Å². The van der Waals surface area contributed by atoms with Gasteiger partial charge in [-0.05, 0) is 35.1 Å². The Balaban J connectivity index is 1.55. The number of hydrazone groups is 1. The largest absolute Gasteiger partial charge is 0.484 e. The third-order valence-corrected chi connectivity index (χ3v) is 4.70. The van der Waals surface area contributed by atoms with Gasteiger partial charge in [0.15, 0.2) is 6.61 Å². The van der Waals surface area contributed by atoms with E-state index in [2.05, 4.69) is 49.3 Å². The van der Waals surface area contributed by atoms with Crippen LogP contribution in [0, 0.1) is 0 Å². The van der Waals surface area contributed by atoms with Gasteiger partial charge >= 0.3 is 0 Å². The molecule has 2 N–H and O–H groups in total. The van der Waals surface area contributed by atoms with E-state index in [0.29, 0.717) is 5.75 Å². The molecule has 0 unspecified atom stereocenters. The van der Waals surface area contributed by atoms with Crippen LogP contribution in [-0.2, 0) is 16.6 Å². The van der Waals surface area contributed by atoms with E-state index in [9.17, 15) is 4.79 Å². The molecule has 0 atom stereocenters. The number of aromatic nitrogens is 1. The highest BCUT2D eigenvalue weighted by Crippen LogP contribution is 2.24. The molecule has 3 aromatic rings. The third-order valence-electron chi connectivity index (χ3n) is 4.70. The van der Waals surface area contributed by atoms with Crippen LogP contribution in [0.3, 0.4) is 0 Å².